The fourth-order valence-electron chi connectivity index (χ4n) is 1.36. The number of pyridine rings is 1. The highest BCUT2D eigenvalue weighted by atomic mass is 79.9. The van der Waals surface area contributed by atoms with Crippen LogP contribution in [0.25, 0.3) is 5.82 Å². The summed E-state index contributed by atoms with van der Waals surface area (Å²) < 4.78 is 2.52. The smallest absolute Gasteiger partial charge is 0.271 e. The van der Waals surface area contributed by atoms with Gasteiger partial charge in [-0.3, -0.25) is 4.79 Å². The molecule has 2 heterocycles. The van der Waals surface area contributed by atoms with Crippen molar-refractivity contribution in [1.82, 2.24) is 20.1 Å². The molecular weight excluding hydrogens is 284 g/mol. The summed E-state index contributed by atoms with van der Waals surface area (Å²) in [6.45, 7) is 1.90. The largest absolute Gasteiger partial charge is 0.354 e. The van der Waals surface area contributed by atoms with Crippen LogP contribution in [0.15, 0.2) is 28.9 Å². The van der Waals surface area contributed by atoms with E-state index in [9.17, 15) is 4.79 Å². The van der Waals surface area contributed by atoms with Crippen molar-refractivity contribution in [2.75, 3.05) is 7.05 Å². The Labute approximate surface area is 107 Å². The normalized spacial score (nSPS) is 10.3. The first-order chi connectivity index (χ1) is 8.11. The van der Waals surface area contributed by atoms with E-state index >= 15 is 0 Å². The number of nitrogens with one attached hydrogen (secondary N) is 1. The van der Waals surface area contributed by atoms with Crippen LogP contribution in [0.2, 0.25) is 0 Å². The third-order valence-electron chi connectivity index (χ3n) is 2.29. The van der Waals surface area contributed by atoms with Gasteiger partial charge in [0.1, 0.15) is 0 Å². The number of aromatic nitrogens is 3. The van der Waals surface area contributed by atoms with Gasteiger partial charge in [-0.2, -0.15) is 5.10 Å². The standard InChI is InChI=1S/C11H11BrN4O/c1-7-8(12)3-4-10(14-7)16-6-5-9(15-16)11(17)13-2/h3-6H,1-2H3,(H,13,17). The minimum atomic E-state index is -0.211. The van der Waals surface area contributed by atoms with E-state index in [0.29, 0.717) is 11.5 Å². The molecule has 0 aliphatic heterocycles. The highest BCUT2D eigenvalue weighted by Gasteiger charge is 2.09. The second-order valence-corrected chi connectivity index (χ2v) is 4.32. The maximum absolute atomic E-state index is 11.4. The van der Waals surface area contributed by atoms with Gasteiger partial charge in [-0.05, 0) is 41.1 Å². The van der Waals surface area contributed by atoms with Crippen LogP contribution in [-0.2, 0) is 0 Å². The maximum atomic E-state index is 11.4. The van der Waals surface area contributed by atoms with Crippen molar-refractivity contribution in [2.24, 2.45) is 0 Å². The molecule has 0 atom stereocenters. The number of carbonyl (C=O) groups is 1. The van der Waals surface area contributed by atoms with E-state index in [-0.39, 0.29) is 5.91 Å². The second kappa shape index (κ2) is 4.67. The topological polar surface area (TPSA) is 59.8 Å². The van der Waals surface area contributed by atoms with E-state index in [1.807, 2.05) is 19.1 Å². The van der Waals surface area contributed by atoms with Gasteiger partial charge in [-0.25, -0.2) is 9.67 Å². The lowest BCUT2D eigenvalue weighted by Crippen LogP contribution is -2.18. The van der Waals surface area contributed by atoms with Gasteiger partial charge < -0.3 is 5.32 Å². The van der Waals surface area contributed by atoms with Gasteiger partial charge in [0.05, 0.1) is 5.69 Å². The summed E-state index contributed by atoms with van der Waals surface area (Å²) in [5.41, 5.74) is 1.24. The Hall–Kier alpha value is -1.69. The molecule has 0 aliphatic rings. The quantitative estimate of drug-likeness (QED) is 0.917. The number of halogens is 1. The predicted molar refractivity (Wildman–Crippen MR) is 67.2 cm³/mol. The van der Waals surface area contributed by atoms with Crippen LogP contribution in [-0.4, -0.2) is 27.7 Å². The fourth-order valence-corrected chi connectivity index (χ4v) is 1.58. The van der Waals surface area contributed by atoms with Crippen LogP contribution in [0.5, 0.6) is 0 Å². The first-order valence-electron chi connectivity index (χ1n) is 5.03. The molecule has 0 saturated heterocycles. The highest BCUT2D eigenvalue weighted by molar-refractivity contribution is 9.10. The lowest BCUT2D eigenvalue weighted by Gasteiger charge is -2.02. The lowest BCUT2D eigenvalue weighted by atomic mass is 10.4. The molecule has 2 rings (SSSR count). The van der Waals surface area contributed by atoms with Crippen molar-refractivity contribution in [3.05, 3.63) is 40.3 Å². The van der Waals surface area contributed by atoms with Gasteiger partial charge in [0.25, 0.3) is 5.91 Å². The van der Waals surface area contributed by atoms with Crippen LogP contribution >= 0.6 is 15.9 Å². The number of rotatable bonds is 2. The van der Waals surface area contributed by atoms with Crippen molar-refractivity contribution >= 4 is 21.8 Å². The first kappa shape index (κ1) is 11.8. The number of nitrogens with zero attached hydrogens (tertiary/aromatic N) is 3. The van der Waals surface area contributed by atoms with Crippen LogP contribution in [0.4, 0.5) is 0 Å². The molecule has 88 valence electrons. The van der Waals surface area contributed by atoms with Gasteiger partial charge >= 0.3 is 0 Å². The summed E-state index contributed by atoms with van der Waals surface area (Å²) in [5.74, 6) is 0.471. The first-order valence-corrected chi connectivity index (χ1v) is 5.82. The lowest BCUT2D eigenvalue weighted by molar-refractivity contribution is 0.0957. The third kappa shape index (κ3) is 2.36. The predicted octanol–water partition coefficient (Wildman–Crippen LogP) is 1.70. The molecule has 1 N–H and O–H groups in total. The number of aryl methyl sites for hydroxylation is 1. The summed E-state index contributed by atoms with van der Waals surface area (Å²) in [5, 5.41) is 6.67. The molecule has 0 fully saturated rings. The molecule has 0 aliphatic carbocycles. The number of amides is 1. The summed E-state index contributed by atoms with van der Waals surface area (Å²) in [4.78, 5) is 15.7. The maximum Gasteiger partial charge on any atom is 0.271 e. The van der Waals surface area contributed by atoms with E-state index in [1.165, 1.54) is 0 Å². The third-order valence-corrected chi connectivity index (χ3v) is 3.13. The molecule has 0 bridgehead atoms. The molecule has 5 nitrogen and oxygen atoms in total. The molecule has 0 saturated carbocycles. The summed E-state index contributed by atoms with van der Waals surface area (Å²) in [6, 6.07) is 5.38. The number of carbonyl (C=O) groups excluding carboxylic acids is 1. The Kier molecular flexibility index (Phi) is 3.23. The monoisotopic (exact) mass is 294 g/mol. The van der Waals surface area contributed by atoms with Crippen LogP contribution in [0.1, 0.15) is 16.2 Å². The molecule has 0 unspecified atom stereocenters. The Morgan fingerprint density at radius 2 is 2.18 bits per heavy atom. The van der Waals surface area contributed by atoms with Crippen molar-refractivity contribution < 1.29 is 4.79 Å². The Morgan fingerprint density at radius 3 is 2.82 bits per heavy atom. The zero-order valence-electron chi connectivity index (χ0n) is 9.44. The van der Waals surface area contributed by atoms with E-state index in [1.54, 1.807) is 24.0 Å². The van der Waals surface area contributed by atoms with E-state index in [4.69, 9.17) is 0 Å². The molecule has 17 heavy (non-hydrogen) atoms. The van der Waals surface area contributed by atoms with E-state index in [0.717, 1.165) is 10.2 Å². The average molecular weight is 295 g/mol. The molecular formula is C11H11BrN4O. The molecule has 0 spiro atoms. The van der Waals surface area contributed by atoms with Crippen molar-refractivity contribution in [3.63, 3.8) is 0 Å². The highest BCUT2D eigenvalue weighted by Crippen LogP contribution is 2.15. The zero-order valence-corrected chi connectivity index (χ0v) is 11.0. The van der Waals surface area contributed by atoms with Crippen LogP contribution in [0, 0.1) is 6.92 Å². The minimum absolute atomic E-state index is 0.211. The van der Waals surface area contributed by atoms with Gasteiger partial charge in [0.15, 0.2) is 11.5 Å². The van der Waals surface area contributed by atoms with Crippen molar-refractivity contribution in [3.8, 4) is 5.82 Å². The summed E-state index contributed by atoms with van der Waals surface area (Å²) in [7, 11) is 1.57. The zero-order chi connectivity index (χ0) is 12.4. The number of hydrogen-bond acceptors (Lipinski definition) is 3. The van der Waals surface area contributed by atoms with Crippen LogP contribution in [0.3, 0.4) is 0 Å². The Balaban J connectivity index is 2.37. The average Bonchev–Trinajstić information content (AvgIpc) is 2.81. The van der Waals surface area contributed by atoms with Crippen molar-refractivity contribution in [1.29, 1.82) is 0 Å². The fraction of sp³-hybridized carbons (Fsp3) is 0.182. The second-order valence-electron chi connectivity index (χ2n) is 3.46. The molecule has 2 aromatic heterocycles. The van der Waals surface area contributed by atoms with Crippen molar-refractivity contribution in [2.45, 2.75) is 6.92 Å². The molecule has 6 heteroatoms. The van der Waals surface area contributed by atoms with Gasteiger partial charge in [-0.15, -0.1) is 0 Å². The summed E-state index contributed by atoms with van der Waals surface area (Å²) >= 11 is 3.39. The molecule has 0 aromatic carbocycles. The van der Waals surface area contributed by atoms with Crippen LogP contribution < -0.4 is 5.32 Å². The summed E-state index contributed by atoms with van der Waals surface area (Å²) in [6.07, 6.45) is 1.71. The van der Waals surface area contributed by atoms with Gasteiger partial charge in [-0.1, -0.05) is 0 Å². The number of hydrogen-bond donors (Lipinski definition) is 1. The molecule has 2 aromatic rings. The minimum Gasteiger partial charge on any atom is -0.354 e. The Bertz CT molecular complexity index is 564. The molecule has 0 radical (unpaired) electrons. The van der Waals surface area contributed by atoms with E-state index < -0.39 is 0 Å². The SMILES string of the molecule is CNC(=O)c1ccn(-c2ccc(Br)c(C)n2)n1. The van der Waals surface area contributed by atoms with Gasteiger partial charge in [0.2, 0.25) is 0 Å². The Morgan fingerprint density at radius 1 is 1.41 bits per heavy atom. The molecule has 1 amide bonds. The van der Waals surface area contributed by atoms with E-state index in [2.05, 4.69) is 31.3 Å². The van der Waals surface area contributed by atoms with Gasteiger partial charge in [0, 0.05) is 17.7 Å².